The Hall–Kier alpha value is -1.26. The molecule has 0 amide bonds. The average molecular weight is 185 g/mol. The van der Waals surface area contributed by atoms with Crippen LogP contribution in [0.1, 0.15) is 0 Å². The quantitative estimate of drug-likeness (QED) is 0.263. The first-order chi connectivity index (χ1) is 5.61. The van der Waals surface area contributed by atoms with Gasteiger partial charge in [-0.2, -0.15) is 0 Å². The molecule has 0 aromatic heterocycles. The molecule has 0 aliphatic rings. The van der Waals surface area contributed by atoms with Crippen molar-refractivity contribution in [3.63, 3.8) is 0 Å². The number of hydrogen-bond donors (Lipinski definition) is 3. The van der Waals surface area contributed by atoms with E-state index >= 15 is 0 Å². The molecule has 0 unspecified atom stereocenters. The second-order valence-electron chi connectivity index (χ2n) is 2.23. The van der Waals surface area contributed by atoms with Crippen molar-refractivity contribution < 1.29 is 0 Å². The molecule has 0 atom stereocenters. The van der Waals surface area contributed by atoms with Gasteiger partial charge in [0.15, 0.2) is 0 Å². The number of nitrogens with two attached hydrogens (primary N) is 2. The summed E-state index contributed by atoms with van der Waals surface area (Å²) in [5.74, 6) is 5.22. The molecular formula is C7H9ClN4. The van der Waals surface area contributed by atoms with Gasteiger partial charge in [0.2, 0.25) is 5.96 Å². The Morgan fingerprint density at radius 2 is 1.83 bits per heavy atom. The number of nitrogens with one attached hydrogen (secondary N) is 1. The summed E-state index contributed by atoms with van der Waals surface area (Å²) < 4.78 is 0. The Labute approximate surface area is 75.2 Å². The van der Waals surface area contributed by atoms with Crippen LogP contribution in [0.3, 0.4) is 0 Å². The van der Waals surface area contributed by atoms with E-state index in [0.29, 0.717) is 10.7 Å². The first kappa shape index (κ1) is 8.83. The summed E-state index contributed by atoms with van der Waals surface area (Å²) in [7, 11) is 0. The number of guanidine groups is 1. The molecule has 5 heteroatoms. The van der Waals surface area contributed by atoms with E-state index in [4.69, 9.17) is 28.6 Å². The van der Waals surface area contributed by atoms with E-state index in [1.165, 1.54) is 0 Å². The summed E-state index contributed by atoms with van der Waals surface area (Å²) in [5, 5.41) is 8.72. The van der Waals surface area contributed by atoms with Crippen molar-refractivity contribution in [2.75, 3.05) is 5.01 Å². The summed E-state index contributed by atoms with van der Waals surface area (Å²) in [5.41, 5.74) is 5.79. The van der Waals surface area contributed by atoms with Crippen LogP contribution in [0.4, 0.5) is 5.69 Å². The van der Waals surface area contributed by atoms with Crippen molar-refractivity contribution in [1.29, 1.82) is 5.41 Å². The van der Waals surface area contributed by atoms with Gasteiger partial charge in [-0.1, -0.05) is 11.6 Å². The van der Waals surface area contributed by atoms with Crippen molar-refractivity contribution in [2.45, 2.75) is 0 Å². The van der Waals surface area contributed by atoms with E-state index in [1.807, 2.05) is 0 Å². The molecule has 0 spiro atoms. The smallest absolute Gasteiger partial charge is 0.207 e. The summed E-state index contributed by atoms with van der Waals surface area (Å²) in [6, 6.07) is 6.73. The minimum absolute atomic E-state index is 0.211. The molecule has 1 rings (SSSR count). The van der Waals surface area contributed by atoms with Crippen LogP contribution < -0.4 is 16.6 Å². The fourth-order valence-corrected chi connectivity index (χ4v) is 0.867. The number of hydrazine groups is 1. The fraction of sp³-hybridized carbons (Fsp3) is 0. The molecule has 0 radical (unpaired) electrons. The van der Waals surface area contributed by atoms with Crippen LogP contribution in [-0.2, 0) is 0 Å². The maximum Gasteiger partial charge on any atom is 0.207 e. The summed E-state index contributed by atoms with van der Waals surface area (Å²) >= 11 is 5.65. The van der Waals surface area contributed by atoms with Gasteiger partial charge in [-0.15, -0.1) is 0 Å². The van der Waals surface area contributed by atoms with E-state index < -0.39 is 0 Å². The zero-order valence-corrected chi connectivity index (χ0v) is 7.05. The van der Waals surface area contributed by atoms with Crippen molar-refractivity contribution in [2.24, 2.45) is 11.6 Å². The van der Waals surface area contributed by atoms with E-state index in [-0.39, 0.29) is 5.96 Å². The second kappa shape index (κ2) is 3.42. The monoisotopic (exact) mass is 184 g/mol. The van der Waals surface area contributed by atoms with Crippen LogP contribution in [-0.4, -0.2) is 5.96 Å². The van der Waals surface area contributed by atoms with Crippen LogP contribution in [0.5, 0.6) is 0 Å². The highest BCUT2D eigenvalue weighted by molar-refractivity contribution is 6.30. The van der Waals surface area contributed by atoms with Gasteiger partial charge in [-0.05, 0) is 24.3 Å². The lowest BCUT2D eigenvalue weighted by atomic mass is 10.3. The van der Waals surface area contributed by atoms with Crippen molar-refractivity contribution >= 4 is 23.2 Å². The Balaban J connectivity index is 2.89. The maximum atomic E-state index is 7.04. The first-order valence-electron chi connectivity index (χ1n) is 3.25. The van der Waals surface area contributed by atoms with Gasteiger partial charge < -0.3 is 5.73 Å². The average Bonchev–Trinajstić information content (AvgIpc) is 2.04. The third kappa shape index (κ3) is 1.87. The SMILES string of the molecule is N=C(N)N(N)c1ccc(Cl)cc1. The zero-order chi connectivity index (χ0) is 9.14. The van der Waals surface area contributed by atoms with Crippen LogP contribution in [0, 0.1) is 5.41 Å². The molecule has 0 saturated heterocycles. The number of hydrogen-bond acceptors (Lipinski definition) is 2. The van der Waals surface area contributed by atoms with E-state index in [2.05, 4.69) is 0 Å². The third-order valence-electron chi connectivity index (χ3n) is 1.36. The van der Waals surface area contributed by atoms with Gasteiger partial charge in [0.25, 0.3) is 0 Å². The highest BCUT2D eigenvalue weighted by atomic mass is 35.5. The Bertz CT molecular complexity index is 282. The molecule has 0 saturated carbocycles. The highest BCUT2D eigenvalue weighted by Gasteiger charge is 2.02. The van der Waals surface area contributed by atoms with Gasteiger partial charge in [0.1, 0.15) is 0 Å². The number of rotatable bonds is 1. The number of benzene rings is 1. The number of anilines is 1. The summed E-state index contributed by atoms with van der Waals surface area (Å²) in [6.45, 7) is 0. The van der Waals surface area contributed by atoms with Gasteiger partial charge in [-0.3, -0.25) is 5.41 Å². The lowest BCUT2D eigenvalue weighted by molar-refractivity contribution is 1.09. The predicted octanol–water partition coefficient (Wildman–Crippen LogP) is 0.914. The molecule has 12 heavy (non-hydrogen) atoms. The molecule has 0 fully saturated rings. The molecule has 64 valence electrons. The maximum absolute atomic E-state index is 7.04. The zero-order valence-electron chi connectivity index (χ0n) is 6.29. The van der Waals surface area contributed by atoms with Gasteiger partial charge in [-0.25, -0.2) is 10.9 Å². The minimum Gasteiger partial charge on any atom is -0.369 e. The molecule has 0 bridgehead atoms. The van der Waals surface area contributed by atoms with Crippen LogP contribution >= 0.6 is 11.6 Å². The van der Waals surface area contributed by atoms with E-state index in [9.17, 15) is 0 Å². The Kier molecular flexibility index (Phi) is 2.52. The van der Waals surface area contributed by atoms with Gasteiger partial charge >= 0.3 is 0 Å². The molecule has 1 aromatic rings. The molecular weight excluding hydrogens is 176 g/mol. The predicted molar refractivity (Wildman–Crippen MR) is 50.0 cm³/mol. The Morgan fingerprint density at radius 1 is 1.33 bits per heavy atom. The Morgan fingerprint density at radius 3 is 2.25 bits per heavy atom. The molecule has 0 aliphatic heterocycles. The fourth-order valence-electron chi connectivity index (χ4n) is 0.741. The summed E-state index contributed by atoms with van der Waals surface area (Å²) in [6.07, 6.45) is 0. The lowest BCUT2D eigenvalue weighted by Gasteiger charge is -2.15. The first-order valence-corrected chi connectivity index (χ1v) is 3.63. The standard InChI is InChI=1S/C7H9ClN4/c8-5-1-3-6(4-2-5)12(11)7(9)10/h1-4H,11H2,(H3,9,10). The topological polar surface area (TPSA) is 79.1 Å². The van der Waals surface area contributed by atoms with Gasteiger partial charge in [0, 0.05) is 5.02 Å². The number of halogens is 1. The minimum atomic E-state index is -0.211. The number of nitrogens with zero attached hydrogens (tertiary/aromatic N) is 1. The normalized spacial score (nSPS) is 9.50. The van der Waals surface area contributed by atoms with Crippen molar-refractivity contribution in [1.82, 2.24) is 0 Å². The largest absolute Gasteiger partial charge is 0.369 e. The van der Waals surface area contributed by atoms with Crippen LogP contribution in [0.25, 0.3) is 0 Å². The third-order valence-corrected chi connectivity index (χ3v) is 1.62. The second-order valence-corrected chi connectivity index (χ2v) is 2.67. The highest BCUT2D eigenvalue weighted by Crippen LogP contribution is 2.14. The van der Waals surface area contributed by atoms with Crippen molar-refractivity contribution in [3.05, 3.63) is 29.3 Å². The van der Waals surface area contributed by atoms with Crippen LogP contribution in [0.15, 0.2) is 24.3 Å². The van der Waals surface area contributed by atoms with Crippen LogP contribution in [0.2, 0.25) is 5.02 Å². The van der Waals surface area contributed by atoms with Crippen molar-refractivity contribution in [3.8, 4) is 0 Å². The molecule has 1 aromatic carbocycles. The van der Waals surface area contributed by atoms with E-state index in [1.54, 1.807) is 24.3 Å². The summed E-state index contributed by atoms with van der Waals surface area (Å²) in [4.78, 5) is 0. The molecule has 0 aliphatic carbocycles. The molecule has 4 nitrogen and oxygen atoms in total. The van der Waals surface area contributed by atoms with Gasteiger partial charge in [0.05, 0.1) is 5.69 Å². The van der Waals surface area contributed by atoms with E-state index in [0.717, 1.165) is 5.01 Å². The lowest BCUT2D eigenvalue weighted by Crippen LogP contribution is -2.42. The molecule has 5 N–H and O–H groups in total. The molecule has 0 heterocycles.